The van der Waals surface area contributed by atoms with Gasteiger partial charge in [-0.3, -0.25) is 9.78 Å². The Morgan fingerprint density at radius 3 is 2.96 bits per heavy atom. The molecule has 3 heterocycles. The first-order valence-electron chi connectivity index (χ1n) is 8.82. The summed E-state index contributed by atoms with van der Waals surface area (Å²) in [6, 6.07) is 7.79. The second-order valence-corrected chi connectivity index (χ2v) is 7.50. The molecule has 0 saturated carbocycles. The van der Waals surface area contributed by atoms with Gasteiger partial charge in [0.25, 0.3) is 0 Å². The van der Waals surface area contributed by atoms with Crippen LogP contribution < -0.4 is 4.90 Å². The number of anilines is 1. The average Bonchev–Trinajstić information content (AvgIpc) is 3.03. The summed E-state index contributed by atoms with van der Waals surface area (Å²) in [7, 11) is 0. The number of hydrogen-bond donors (Lipinski definition) is 1. The molecular formula is C19H22ClN3O2. The number of pyridine rings is 1. The molecule has 0 bridgehead atoms. The lowest BCUT2D eigenvalue weighted by atomic mass is 9.78. The Morgan fingerprint density at radius 2 is 2.12 bits per heavy atom. The lowest BCUT2D eigenvalue weighted by Gasteiger charge is -2.39. The van der Waals surface area contributed by atoms with E-state index in [0.717, 1.165) is 55.5 Å². The minimum Gasteiger partial charge on any atom is -0.395 e. The highest BCUT2D eigenvalue weighted by atomic mass is 35.5. The van der Waals surface area contributed by atoms with Gasteiger partial charge in [-0.05, 0) is 43.5 Å². The molecule has 1 N–H and O–H groups in total. The quantitative estimate of drug-likeness (QED) is 0.915. The van der Waals surface area contributed by atoms with Crippen molar-refractivity contribution in [3.05, 3.63) is 35.5 Å². The van der Waals surface area contributed by atoms with E-state index in [4.69, 9.17) is 11.6 Å². The predicted octanol–water partition coefficient (Wildman–Crippen LogP) is 2.70. The van der Waals surface area contributed by atoms with Crippen LogP contribution in [0.1, 0.15) is 19.3 Å². The molecule has 1 aromatic carbocycles. The zero-order valence-corrected chi connectivity index (χ0v) is 14.9. The molecule has 0 unspecified atom stereocenters. The monoisotopic (exact) mass is 359 g/mol. The summed E-state index contributed by atoms with van der Waals surface area (Å²) in [5, 5.41) is 11.0. The molecule has 2 saturated heterocycles. The molecule has 0 radical (unpaired) electrons. The summed E-state index contributed by atoms with van der Waals surface area (Å²) < 4.78 is 0. The van der Waals surface area contributed by atoms with Crippen LogP contribution in [0.4, 0.5) is 5.69 Å². The summed E-state index contributed by atoms with van der Waals surface area (Å²) in [6.07, 6.45) is 4.61. The molecule has 2 aliphatic heterocycles. The van der Waals surface area contributed by atoms with Crippen molar-refractivity contribution in [2.75, 3.05) is 37.7 Å². The summed E-state index contributed by atoms with van der Waals surface area (Å²) in [4.78, 5) is 21.5. The van der Waals surface area contributed by atoms with Gasteiger partial charge in [0, 0.05) is 48.5 Å². The topological polar surface area (TPSA) is 56.7 Å². The van der Waals surface area contributed by atoms with E-state index >= 15 is 0 Å². The first-order valence-corrected chi connectivity index (χ1v) is 9.20. The van der Waals surface area contributed by atoms with Gasteiger partial charge in [0.2, 0.25) is 5.91 Å². The minimum absolute atomic E-state index is 0.0291. The maximum atomic E-state index is 13.0. The van der Waals surface area contributed by atoms with E-state index in [0.29, 0.717) is 11.6 Å². The molecule has 0 aliphatic carbocycles. The van der Waals surface area contributed by atoms with Gasteiger partial charge in [0.05, 0.1) is 17.5 Å². The molecule has 6 heteroatoms. The van der Waals surface area contributed by atoms with Crippen molar-refractivity contribution in [2.45, 2.75) is 19.3 Å². The Kier molecular flexibility index (Phi) is 4.29. The summed E-state index contributed by atoms with van der Waals surface area (Å²) in [6.45, 7) is 2.83. The first-order chi connectivity index (χ1) is 12.1. The highest BCUT2D eigenvalue weighted by molar-refractivity contribution is 6.31. The third-order valence-corrected chi connectivity index (χ3v) is 5.81. The molecule has 2 aliphatic rings. The van der Waals surface area contributed by atoms with Gasteiger partial charge < -0.3 is 14.9 Å². The molecule has 1 atom stereocenters. The number of amides is 1. The van der Waals surface area contributed by atoms with Gasteiger partial charge in [-0.15, -0.1) is 0 Å². The van der Waals surface area contributed by atoms with Crippen molar-refractivity contribution < 1.29 is 9.90 Å². The summed E-state index contributed by atoms with van der Waals surface area (Å²) in [5.74, 6) is 0.205. The van der Waals surface area contributed by atoms with E-state index < -0.39 is 0 Å². The van der Waals surface area contributed by atoms with E-state index in [2.05, 4.69) is 9.88 Å². The van der Waals surface area contributed by atoms with Gasteiger partial charge in [-0.1, -0.05) is 11.6 Å². The van der Waals surface area contributed by atoms with E-state index in [-0.39, 0.29) is 17.9 Å². The molecule has 1 spiro atoms. The van der Waals surface area contributed by atoms with Crippen molar-refractivity contribution in [3.63, 3.8) is 0 Å². The number of hydrogen-bond acceptors (Lipinski definition) is 4. The Hall–Kier alpha value is -1.85. The van der Waals surface area contributed by atoms with Crippen LogP contribution in [0, 0.1) is 5.41 Å². The molecule has 132 valence electrons. The average molecular weight is 360 g/mol. The van der Waals surface area contributed by atoms with Crippen LogP contribution >= 0.6 is 11.6 Å². The largest absolute Gasteiger partial charge is 0.395 e. The second kappa shape index (κ2) is 6.46. The molecular weight excluding hydrogens is 338 g/mol. The van der Waals surface area contributed by atoms with Crippen molar-refractivity contribution in [1.29, 1.82) is 0 Å². The number of carbonyl (C=O) groups is 1. The van der Waals surface area contributed by atoms with E-state index in [1.165, 1.54) is 0 Å². The maximum Gasteiger partial charge on any atom is 0.230 e. The third-order valence-electron chi connectivity index (χ3n) is 5.57. The predicted molar refractivity (Wildman–Crippen MR) is 98.9 cm³/mol. The Bertz CT molecular complexity index is 810. The lowest BCUT2D eigenvalue weighted by Crippen LogP contribution is -2.50. The van der Waals surface area contributed by atoms with Crippen LogP contribution in [-0.2, 0) is 4.79 Å². The summed E-state index contributed by atoms with van der Waals surface area (Å²) in [5.41, 5.74) is 1.68. The number of piperidine rings is 1. The number of rotatable bonds is 3. The fraction of sp³-hybridized carbons (Fsp3) is 0.474. The van der Waals surface area contributed by atoms with Crippen LogP contribution in [0.15, 0.2) is 30.5 Å². The standard InChI is InChI=1S/C19H22ClN3O2/c20-14-2-3-15-16(12-14)21-7-4-17(15)23-9-6-19(13-23)5-1-8-22(10-11-24)18(19)25/h2-4,7,12,24H,1,5-6,8-11,13H2/t19-/m0/s1. The number of likely N-dealkylation sites (tertiary alicyclic amines) is 1. The number of benzene rings is 1. The number of aliphatic hydroxyl groups is 1. The smallest absolute Gasteiger partial charge is 0.230 e. The van der Waals surface area contributed by atoms with Gasteiger partial charge >= 0.3 is 0 Å². The summed E-state index contributed by atoms with van der Waals surface area (Å²) >= 11 is 6.09. The Balaban J connectivity index is 1.64. The Morgan fingerprint density at radius 1 is 1.24 bits per heavy atom. The van der Waals surface area contributed by atoms with Crippen molar-refractivity contribution in [1.82, 2.24) is 9.88 Å². The van der Waals surface area contributed by atoms with Crippen LogP contribution in [0.5, 0.6) is 0 Å². The SMILES string of the molecule is O=C1N(CCO)CCC[C@@]12CCN(c1ccnc3cc(Cl)ccc13)C2. The van der Waals surface area contributed by atoms with Gasteiger partial charge in [-0.2, -0.15) is 0 Å². The number of β-amino-alcohol motifs (C(OH)–C–C–N with tert-alkyl or cyclic N) is 1. The zero-order valence-electron chi connectivity index (χ0n) is 14.1. The molecule has 4 rings (SSSR count). The maximum absolute atomic E-state index is 13.0. The highest BCUT2D eigenvalue weighted by Crippen LogP contribution is 2.42. The molecule has 25 heavy (non-hydrogen) atoms. The van der Waals surface area contributed by atoms with Gasteiger partial charge in [0.1, 0.15) is 0 Å². The highest BCUT2D eigenvalue weighted by Gasteiger charge is 2.48. The zero-order chi connectivity index (χ0) is 17.4. The fourth-order valence-electron chi connectivity index (χ4n) is 4.32. The van der Waals surface area contributed by atoms with E-state index in [1.807, 2.05) is 29.2 Å². The van der Waals surface area contributed by atoms with Crippen LogP contribution in [0.25, 0.3) is 10.9 Å². The van der Waals surface area contributed by atoms with Crippen LogP contribution in [0.2, 0.25) is 5.02 Å². The first kappa shape index (κ1) is 16.6. The molecule has 5 nitrogen and oxygen atoms in total. The number of fused-ring (bicyclic) bond motifs is 1. The van der Waals surface area contributed by atoms with Crippen molar-refractivity contribution in [3.8, 4) is 0 Å². The van der Waals surface area contributed by atoms with Crippen molar-refractivity contribution in [2.24, 2.45) is 5.41 Å². The number of carbonyl (C=O) groups excluding carboxylic acids is 1. The minimum atomic E-state index is -0.310. The molecule has 1 amide bonds. The van der Waals surface area contributed by atoms with Gasteiger partial charge in [-0.25, -0.2) is 0 Å². The molecule has 2 aromatic rings. The van der Waals surface area contributed by atoms with Crippen LogP contribution in [-0.4, -0.2) is 53.7 Å². The number of nitrogens with zero attached hydrogens (tertiary/aromatic N) is 3. The van der Waals surface area contributed by atoms with E-state index in [1.54, 1.807) is 6.20 Å². The lowest BCUT2D eigenvalue weighted by molar-refractivity contribution is -0.145. The second-order valence-electron chi connectivity index (χ2n) is 7.06. The third kappa shape index (κ3) is 2.85. The number of halogens is 1. The van der Waals surface area contributed by atoms with E-state index in [9.17, 15) is 9.90 Å². The van der Waals surface area contributed by atoms with Gasteiger partial charge in [0.15, 0.2) is 0 Å². The fourth-order valence-corrected chi connectivity index (χ4v) is 4.49. The molecule has 2 fully saturated rings. The van der Waals surface area contributed by atoms with Crippen LogP contribution in [0.3, 0.4) is 0 Å². The Labute approximate surface area is 152 Å². The number of aliphatic hydroxyl groups excluding tert-OH is 1. The normalized spacial score (nSPS) is 23.8. The number of aromatic nitrogens is 1. The molecule has 1 aromatic heterocycles. The van der Waals surface area contributed by atoms with Crippen molar-refractivity contribution >= 4 is 34.1 Å².